The minimum atomic E-state index is 0.369. The van der Waals surface area contributed by atoms with Crippen LogP contribution in [-0.2, 0) is 4.74 Å². The topological polar surface area (TPSA) is 67.5 Å². The molecule has 1 aromatic rings. The zero-order valence-corrected chi connectivity index (χ0v) is 13.0. The van der Waals surface area contributed by atoms with Crippen molar-refractivity contribution in [3.8, 4) is 0 Å². The summed E-state index contributed by atoms with van der Waals surface area (Å²) in [7, 11) is 4.31. The van der Waals surface area contributed by atoms with Crippen molar-refractivity contribution in [2.24, 2.45) is 0 Å². The molecule has 1 aromatic heterocycles. The summed E-state index contributed by atoms with van der Waals surface area (Å²) in [6, 6.07) is 2.77. The Kier molecular flexibility index (Phi) is 4.26. The van der Waals surface area contributed by atoms with Crippen LogP contribution in [0, 0.1) is 0 Å². The third kappa shape index (κ3) is 3.27. The van der Waals surface area contributed by atoms with Crippen LogP contribution in [0.25, 0.3) is 0 Å². The van der Waals surface area contributed by atoms with Crippen molar-refractivity contribution in [2.75, 3.05) is 51.0 Å². The van der Waals surface area contributed by atoms with Crippen LogP contribution < -0.4 is 10.6 Å². The molecule has 0 amide bonds. The van der Waals surface area contributed by atoms with Crippen molar-refractivity contribution in [2.45, 2.75) is 31.2 Å². The summed E-state index contributed by atoms with van der Waals surface area (Å²) in [6.45, 7) is 3.62. The van der Waals surface area contributed by atoms with E-state index in [-0.39, 0.29) is 0 Å². The quantitative estimate of drug-likeness (QED) is 0.899. The molecule has 6 nitrogen and oxygen atoms in total. The summed E-state index contributed by atoms with van der Waals surface area (Å²) in [4.78, 5) is 13.5. The molecule has 6 heteroatoms. The van der Waals surface area contributed by atoms with Gasteiger partial charge in [-0.15, -0.1) is 0 Å². The number of nitrogens with two attached hydrogens (primary N) is 1. The Bertz CT molecular complexity index is 479. The van der Waals surface area contributed by atoms with Crippen molar-refractivity contribution in [1.82, 2.24) is 14.9 Å². The van der Waals surface area contributed by atoms with Gasteiger partial charge >= 0.3 is 0 Å². The second-order valence-corrected chi connectivity index (χ2v) is 6.25. The molecule has 2 saturated heterocycles. The lowest BCUT2D eigenvalue weighted by Gasteiger charge is -2.36. The molecule has 0 saturated carbocycles. The van der Waals surface area contributed by atoms with E-state index >= 15 is 0 Å². The van der Waals surface area contributed by atoms with E-state index in [1.807, 2.05) is 0 Å². The highest BCUT2D eigenvalue weighted by atomic mass is 16.5. The van der Waals surface area contributed by atoms with E-state index < -0.39 is 0 Å². The standard InChI is InChI=1S/C15H25N5O/c1-19(2)12-3-6-20(7-4-12)14-9-13(17-15(16)18-14)11-5-8-21-10-11/h9,11-12H,3-8,10H2,1-2H3,(H2,16,17,18)/t11-/m0/s1. The Morgan fingerprint density at radius 1 is 1.24 bits per heavy atom. The van der Waals surface area contributed by atoms with Crippen LogP contribution in [0.2, 0.25) is 0 Å². The molecule has 2 fully saturated rings. The smallest absolute Gasteiger partial charge is 0.222 e. The molecular weight excluding hydrogens is 266 g/mol. The van der Waals surface area contributed by atoms with Gasteiger partial charge in [0.1, 0.15) is 5.82 Å². The molecule has 2 N–H and O–H groups in total. The lowest BCUT2D eigenvalue weighted by Crippen LogP contribution is -2.42. The SMILES string of the molecule is CN(C)C1CCN(c2cc([C@H]3CCOC3)nc(N)n2)CC1. The molecule has 21 heavy (non-hydrogen) atoms. The number of aromatic nitrogens is 2. The molecule has 0 aliphatic carbocycles. The molecule has 2 aliphatic rings. The minimum Gasteiger partial charge on any atom is -0.381 e. The number of anilines is 2. The summed E-state index contributed by atoms with van der Waals surface area (Å²) in [6.07, 6.45) is 3.36. The number of hydrogen-bond donors (Lipinski definition) is 1. The Morgan fingerprint density at radius 3 is 2.62 bits per heavy atom. The summed E-state index contributed by atoms with van der Waals surface area (Å²) in [5.74, 6) is 1.72. The van der Waals surface area contributed by atoms with Crippen LogP contribution >= 0.6 is 0 Å². The van der Waals surface area contributed by atoms with Crippen LogP contribution in [0.4, 0.5) is 11.8 Å². The second-order valence-electron chi connectivity index (χ2n) is 6.25. The van der Waals surface area contributed by atoms with Gasteiger partial charge in [-0.05, 0) is 33.4 Å². The van der Waals surface area contributed by atoms with Crippen molar-refractivity contribution < 1.29 is 4.74 Å². The van der Waals surface area contributed by atoms with Gasteiger partial charge in [-0.3, -0.25) is 0 Å². The Morgan fingerprint density at radius 2 is 2.00 bits per heavy atom. The van der Waals surface area contributed by atoms with Crippen LogP contribution in [0.15, 0.2) is 6.07 Å². The third-order valence-corrected chi connectivity index (χ3v) is 4.62. The normalized spacial score (nSPS) is 24.0. The van der Waals surface area contributed by atoms with Gasteiger partial charge in [-0.25, -0.2) is 4.98 Å². The number of ether oxygens (including phenoxy) is 1. The molecule has 3 rings (SSSR count). The van der Waals surface area contributed by atoms with E-state index in [9.17, 15) is 0 Å². The van der Waals surface area contributed by atoms with Gasteiger partial charge in [0.2, 0.25) is 5.95 Å². The largest absolute Gasteiger partial charge is 0.381 e. The van der Waals surface area contributed by atoms with Crippen molar-refractivity contribution in [3.05, 3.63) is 11.8 Å². The lowest BCUT2D eigenvalue weighted by molar-refractivity contribution is 0.193. The van der Waals surface area contributed by atoms with E-state index in [1.54, 1.807) is 0 Å². The van der Waals surface area contributed by atoms with Crippen LogP contribution in [-0.4, -0.2) is 61.3 Å². The monoisotopic (exact) mass is 291 g/mol. The first-order valence-corrected chi connectivity index (χ1v) is 7.77. The first-order chi connectivity index (χ1) is 10.1. The fourth-order valence-corrected chi connectivity index (χ4v) is 3.22. The molecule has 116 valence electrons. The highest BCUT2D eigenvalue weighted by molar-refractivity contribution is 5.44. The van der Waals surface area contributed by atoms with Gasteiger partial charge in [0, 0.05) is 37.7 Å². The van der Waals surface area contributed by atoms with Gasteiger partial charge in [0.05, 0.1) is 12.3 Å². The highest BCUT2D eigenvalue weighted by Gasteiger charge is 2.24. The zero-order valence-electron chi connectivity index (χ0n) is 13.0. The zero-order chi connectivity index (χ0) is 14.8. The summed E-state index contributed by atoms with van der Waals surface area (Å²) in [5.41, 5.74) is 6.94. The maximum Gasteiger partial charge on any atom is 0.222 e. The molecule has 0 radical (unpaired) electrons. The predicted octanol–water partition coefficient (Wildman–Crippen LogP) is 1.09. The van der Waals surface area contributed by atoms with E-state index in [0.717, 1.165) is 44.2 Å². The molecule has 1 atom stereocenters. The van der Waals surface area contributed by atoms with Crippen LogP contribution in [0.1, 0.15) is 30.9 Å². The number of hydrogen-bond acceptors (Lipinski definition) is 6. The predicted molar refractivity (Wildman–Crippen MR) is 83.5 cm³/mol. The average Bonchev–Trinajstić information content (AvgIpc) is 3.01. The summed E-state index contributed by atoms with van der Waals surface area (Å²) in [5, 5.41) is 0. The fourth-order valence-electron chi connectivity index (χ4n) is 3.22. The number of nitrogens with zero attached hydrogens (tertiary/aromatic N) is 4. The first-order valence-electron chi connectivity index (χ1n) is 7.77. The van der Waals surface area contributed by atoms with Gasteiger partial charge < -0.3 is 20.3 Å². The maximum atomic E-state index is 5.91. The van der Waals surface area contributed by atoms with Gasteiger partial charge in [-0.1, -0.05) is 0 Å². The van der Waals surface area contributed by atoms with E-state index in [2.05, 4.69) is 39.9 Å². The Hall–Kier alpha value is -1.40. The summed E-state index contributed by atoms with van der Waals surface area (Å²) < 4.78 is 5.46. The van der Waals surface area contributed by atoms with E-state index in [4.69, 9.17) is 10.5 Å². The molecular formula is C15H25N5O. The lowest BCUT2D eigenvalue weighted by atomic mass is 10.0. The van der Waals surface area contributed by atoms with E-state index in [0.29, 0.717) is 17.9 Å². The van der Waals surface area contributed by atoms with Gasteiger partial charge in [0.15, 0.2) is 0 Å². The van der Waals surface area contributed by atoms with Crippen molar-refractivity contribution >= 4 is 11.8 Å². The van der Waals surface area contributed by atoms with E-state index in [1.165, 1.54) is 12.8 Å². The van der Waals surface area contributed by atoms with Crippen molar-refractivity contribution in [3.63, 3.8) is 0 Å². The fraction of sp³-hybridized carbons (Fsp3) is 0.733. The maximum absolute atomic E-state index is 5.91. The average molecular weight is 291 g/mol. The molecule has 0 bridgehead atoms. The van der Waals surface area contributed by atoms with Crippen molar-refractivity contribution in [1.29, 1.82) is 0 Å². The van der Waals surface area contributed by atoms with Gasteiger partial charge in [0.25, 0.3) is 0 Å². The molecule has 0 spiro atoms. The molecule has 2 aliphatic heterocycles. The summed E-state index contributed by atoms with van der Waals surface area (Å²) >= 11 is 0. The number of nitrogen functional groups attached to an aromatic ring is 1. The highest BCUT2D eigenvalue weighted by Crippen LogP contribution is 2.28. The van der Waals surface area contributed by atoms with Crippen LogP contribution in [0.5, 0.6) is 0 Å². The first kappa shape index (κ1) is 14.5. The van der Waals surface area contributed by atoms with Gasteiger partial charge in [-0.2, -0.15) is 4.98 Å². The second kappa shape index (κ2) is 6.15. The number of piperidine rings is 1. The molecule has 0 aromatic carbocycles. The number of rotatable bonds is 3. The Balaban J connectivity index is 1.73. The van der Waals surface area contributed by atoms with Crippen LogP contribution in [0.3, 0.4) is 0 Å². The third-order valence-electron chi connectivity index (χ3n) is 4.62. The molecule has 3 heterocycles. The minimum absolute atomic E-state index is 0.369. The molecule has 0 unspecified atom stereocenters. The Labute approximate surface area is 126 Å².